The molecule has 90 valence electrons. The highest BCUT2D eigenvalue weighted by Gasteiger charge is 2.04. The summed E-state index contributed by atoms with van der Waals surface area (Å²) in [6, 6.07) is 5.02. The molecule has 3 N–H and O–H groups in total. The Hall–Kier alpha value is -1.53. The van der Waals surface area contributed by atoms with Crippen molar-refractivity contribution in [2.75, 3.05) is 5.32 Å². The lowest BCUT2D eigenvalue weighted by Gasteiger charge is -2.05. The number of hydrogen-bond acceptors (Lipinski definition) is 5. The zero-order valence-electron chi connectivity index (χ0n) is 9.40. The molecule has 4 nitrogen and oxygen atoms in total. The van der Waals surface area contributed by atoms with E-state index in [1.54, 1.807) is 6.07 Å². The fraction of sp³-hybridized carbons (Fsp3) is 0.273. The van der Waals surface area contributed by atoms with E-state index in [2.05, 4.69) is 14.7 Å². The van der Waals surface area contributed by atoms with Crippen LogP contribution >= 0.6 is 11.5 Å². The molecule has 1 aromatic carbocycles. The normalized spacial score (nSPS) is 10.5. The number of rotatable bonds is 4. The van der Waals surface area contributed by atoms with E-state index < -0.39 is 0 Å². The van der Waals surface area contributed by atoms with Gasteiger partial charge in [0.25, 0.3) is 0 Å². The Morgan fingerprint density at radius 1 is 1.47 bits per heavy atom. The maximum atomic E-state index is 13.6. The van der Waals surface area contributed by atoms with Gasteiger partial charge in [0.15, 0.2) is 0 Å². The molecule has 0 atom stereocenters. The number of hydrogen-bond donors (Lipinski definition) is 2. The molecule has 0 aliphatic carbocycles. The van der Waals surface area contributed by atoms with Crippen molar-refractivity contribution in [3.05, 3.63) is 41.0 Å². The van der Waals surface area contributed by atoms with Gasteiger partial charge in [-0.25, -0.2) is 9.37 Å². The molecule has 0 saturated heterocycles. The molecule has 1 heterocycles. The Morgan fingerprint density at radius 3 is 2.88 bits per heavy atom. The van der Waals surface area contributed by atoms with Crippen LogP contribution < -0.4 is 11.1 Å². The van der Waals surface area contributed by atoms with Crippen LogP contribution in [0.3, 0.4) is 0 Å². The van der Waals surface area contributed by atoms with Gasteiger partial charge in [0, 0.05) is 30.2 Å². The number of halogens is 1. The first-order valence-electron chi connectivity index (χ1n) is 5.20. The minimum Gasteiger partial charge on any atom is -0.356 e. The van der Waals surface area contributed by atoms with Crippen molar-refractivity contribution < 1.29 is 4.39 Å². The quantitative estimate of drug-likeness (QED) is 0.874. The molecule has 0 fully saturated rings. The van der Waals surface area contributed by atoms with Crippen LogP contribution in [0.4, 0.5) is 9.52 Å². The van der Waals surface area contributed by atoms with E-state index in [0.29, 0.717) is 23.8 Å². The van der Waals surface area contributed by atoms with Crippen molar-refractivity contribution in [3.63, 3.8) is 0 Å². The lowest BCUT2D eigenvalue weighted by molar-refractivity contribution is 0.610. The van der Waals surface area contributed by atoms with Crippen LogP contribution in [0.5, 0.6) is 0 Å². The van der Waals surface area contributed by atoms with Crippen molar-refractivity contribution in [3.8, 4) is 0 Å². The molecule has 0 aliphatic rings. The topological polar surface area (TPSA) is 63.8 Å². The van der Waals surface area contributed by atoms with Gasteiger partial charge in [-0.1, -0.05) is 12.1 Å². The van der Waals surface area contributed by atoms with Crippen LogP contribution in [0.25, 0.3) is 0 Å². The molecule has 17 heavy (non-hydrogen) atoms. The minimum atomic E-state index is -0.248. The van der Waals surface area contributed by atoms with E-state index in [-0.39, 0.29) is 5.82 Å². The highest BCUT2D eigenvalue weighted by atomic mass is 32.1. The maximum absolute atomic E-state index is 13.6. The van der Waals surface area contributed by atoms with E-state index in [0.717, 1.165) is 11.4 Å². The molecule has 0 unspecified atom stereocenters. The molecular formula is C11H13FN4S. The zero-order valence-corrected chi connectivity index (χ0v) is 10.2. The number of nitrogens with one attached hydrogen (secondary N) is 1. The number of benzene rings is 1. The Labute approximate surface area is 103 Å². The molecule has 0 amide bonds. The molecule has 1 aromatic heterocycles. The second kappa shape index (κ2) is 5.20. The summed E-state index contributed by atoms with van der Waals surface area (Å²) in [5.74, 6) is 0.470. The number of aryl methyl sites for hydroxylation is 1. The van der Waals surface area contributed by atoms with E-state index in [1.165, 1.54) is 17.6 Å². The maximum Gasteiger partial charge on any atom is 0.202 e. The van der Waals surface area contributed by atoms with Gasteiger partial charge in [0.1, 0.15) is 11.6 Å². The molecule has 0 saturated carbocycles. The van der Waals surface area contributed by atoms with Crippen molar-refractivity contribution in [1.82, 2.24) is 9.36 Å². The molecule has 2 rings (SSSR count). The van der Waals surface area contributed by atoms with Crippen LogP contribution in [0.1, 0.15) is 17.0 Å². The molecule has 0 bridgehead atoms. The largest absolute Gasteiger partial charge is 0.356 e. The summed E-state index contributed by atoms with van der Waals surface area (Å²) >= 11 is 1.27. The highest BCUT2D eigenvalue weighted by molar-refractivity contribution is 7.09. The first-order valence-corrected chi connectivity index (χ1v) is 5.98. The Balaban J connectivity index is 2.04. The summed E-state index contributed by atoms with van der Waals surface area (Å²) < 4.78 is 17.7. The molecule has 2 aromatic rings. The first kappa shape index (κ1) is 11.9. The zero-order chi connectivity index (χ0) is 12.3. The lowest BCUT2D eigenvalue weighted by atomic mass is 10.1. The smallest absolute Gasteiger partial charge is 0.202 e. The third-order valence-electron chi connectivity index (χ3n) is 2.31. The number of nitrogens with two attached hydrogens (primary N) is 1. The van der Waals surface area contributed by atoms with E-state index >= 15 is 0 Å². The fourth-order valence-corrected chi connectivity index (χ4v) is 1.97. The Kier molecular flexibility index (Phi) is 3.65. The third kappa shape index (κ3) is 2.98. The Morgan fingerprint density at radius 2 is 2.29 bits per heavy atom. The number of nitrogens with zero attached hydrogens (tertiary/aromatic N) is 2. The van der Waals surface area contributed by atoms with Crippen LogP contribution in [0.2, 0.25) is 0 Å². The predicted octanol–water partition coefficient (Wildman–Crippen LogP) is 2.06. The van der Waals surface area contributed by atoms with Crippen molar-refractivity contribution in [2.24, 2.45) is 5.73 Å². The van der Waals surface area contributed by atoms with Gasteiger partial charge in [-0.15, -0.1) is 0 Å². The molecule has 0 spiro atoms. The SMILES string of the molecule is Cc1nsc(NCc2ccc(CN)cc2F)n1. The minimum absolute atomic E-state index is 0.248. The van der Waals surface area contributed by atoms with Crippen molar-refractivity contribution in [2.45, 2.75) is 20.0 Å². The number of aromatic nitrogens is 2. The van der Waals surface area contributed by atoms with Crippen LogP contribution in [0, 0.1) is 12.7 Å². The van der Waals surface area contributed by atoms with E-state index in [9.17, 15) is 4.39 Å². The summed E-state index contributed by atoms with van der Waals surface area (Å²) in [6.45, 7) is 2.56. The van der Waals surface area contributed by atoms with E-state index in [4.69, 9.17) is 5.73 Å². The van der Waals surface area contributed by atoms with E-state index in [1.807, 2.05) is 13.0 Å². The van der Waals surface area contributed by atoms with Gasteiger partial charge in [-0.05, 0) is 18.6 Å². The average Bonchev–Trinajstić information content (AvgIpc) is 2.73. The standard InChI is InChI=1S/C11H13FN4S/c1-7-15-11(17-16-7)14-6-9-3-2-8(5-13)4-10(9)12/h2-4H,5-6,13H2,1H3,(H,14,15,16). The number of anilines is 1. The van der Waals surface area contributed by atoms with Crippen LogP contribution in [-0.2, 0) is 13.1 Å². The van der Waals surface area contributed by atoms with Gasteiger partial charge >= 0.3 is 0 Å². The molecular weight excluding hydrogens is 239 g/mol. The Bertz CT molecular complexity index is 512. The summed E-state index contributed by atoms with van der Waals surface area (Å²) in [6.07, 6.45) is 0. The lowest BCUT2D eigenvalue weighted by Crippen LogP contribution is -2.03. The van der Waals surface area contributed by atoms with Gasteiger partial charge in [0.2, 0.25) is 5.13 Å². The molecule has 6 heteroatoms. The second-order valence-electron chi connectivity index (χ2n) is 3.63. The molecule has 0 aliphatic heterocycles. The van der Waals surface area contributed by atoms with Gasteiger partial charge in [-0.2, -0.15) is 4.37 Å². The van der Waals surface area contributed by atoms with Gasteiger partial charge in [-0.3, -0.25) is 0 Å². The predicted molar refractivity (Wildman–Crippen MR) is 66.3 cm³/mol. The van der Waals surface area contributed by atoms with Gasteiger partial charge < -0.3 is 11.1 Å². The van der Waals surface area contributed by atoms with Crippen LogP contribution in [0.15, 0.2) is 18.2 Å². The summed E-state index contributed by atoms with van der Waals surface area (Å²) in [4.78, 5) is 4.14. The van der Waals surface area contributed by atoms with Gasteiger partial charge in [0.05, 0.1) is 0 Å². The fourth-order valence-electron chi connectivity index (χ4n) is 1.40. The first-order chi connectivity index (χ1) is 8.19. The summed E-state index contributed by atoms with van der Waals surface area (Å²) in [5.41, 5.74) is 6.82. The van der Waals surface area contributed by atoms with Crippen molar-refractivity contribution >= 4 is 16.7 Å². The summed E-state index contributed by atoms with van der Waals surface area (Å²) in [7, 11) is 0. The third-order valence-corrected chi connectivity index (χ3v) is 3.07. The summed E-state index contributed by atoms with van der Waals surface area (Å²) in [5, 5.41) is 3.73. The second-order valence-corrected chi connectivity index (χ2v) is 4.38. The average molecular weight is 252 g/mol. The highest BCUT2D eigenvalue weighted by Crippen LogP contribution is 2.14. The van der Waals surface area contributed by atoms with Crippen molar-refractivity contribution in [1.29, 1.82) is 0 Å². The van der Waals surface area contributed by atoms with Crippen LogP contribution in [-0.4, -0.2) is 9.36 Å². The monoisotopic (exact) mass is 252 g/mol. The molecule has 0 radical (unpaired) electrons.